The van der Waals surface area contributed by atoms with Gasteiger partial charge < -0.3 is 15.4 Å². The van der Waals surface area contributed by atoms with E-state index in [9.17, 15) is 14.4 Å². The summed E-state index contributed by atoms with van der Waals surface area (Å²) in [5, 5.41) is 7.48. The number of fused-ring (bicyclic) bond motifs is 1. The minimum atomic E-state index is -0.406. The van der Waals surface area contributed by atoms with Crippen LogP contribution in [0.1, 0.15) is 43.2 Å². The standard InChI is InChI=1S/C20H18N2O4S/c23-18-13-6-1-2-7-14(13)19(24)17(22-20(25)15-8-4-10-27-15)16(18)21-11-12-5-3-9-26-12/h1-2,4,6-8,10,12,21H,3,5,9,11H2,(H,22,25)/t12-/m1/s1. The molecule has 1 aliphatic carbocycles. The maximum absolute atomic E-state index is 13.0. The Labute approximate surface area is 160 Å². The van der Waals surface area contributed by atoms with E-state index in [-0.39, 0.29) is 29.1 Å². The van der Waals surface area contributed by atoms with Crippen molar-refractivity contribution in [2.24, 2.45) is 0 Å². The second kappa shape index (κ2) is 7.46. The number of allylic oxidation sites excluding steroid dienone is 2. The first kappa shape index (κ1) is 17.6. The van der Waals surface area contributed by atoms with E-state index in [1.165, 1.54) is 11.3 Å². The van der Waals surface area contributed by atoms with Gasteiger partial charge in [0, 0.05) is 24.3 Å². The zero-order chi connectivity index (χ0) is 18.8. The van der Waals surface area contributed by atoms with Crippen molar-refractivity contribution in [3.63, 3.8) is 0 Å². The van der Waals surface area contributed by atoms with Crippen LogP contribution in [0.2, 0.25) is 0 Å². The zero-order valence-electron chi connectivity index (χ0n) is 14.5. The first-order valence-corrected chi connectivity index (χ1v) is 9.66. The van der Waals surface area contributed by atoms with Gasteiger partial charge in [0.1, 0.15) is 11.4 Å². The van der Waals surface area contributed by atoms with Crippen LogP contribution in [0.5, 0.6) is 0 Å². The number of Topliss-reactive ketones (excluding diaryl/α,β-unsaturated/α-hetero) is 2. The van der Waals surface area contributed by atoms with Gasteiger partial charge in [-0.15, -0.1) is 11.3 Å². The third-order valence-electron chi connectivity index (χ3n) is 4.63. The summed E-state index contributed by atoms with van der Waals surface area (Å²) in [4.78, 5) is 38.9. The number of amides is 1. The molecule has 1 saturated heterocycles. The van der Waals surface area contributed by atoms with Gasteiger partial charge in [-0.05, 0) is 24.3 Å². The summed E-state index contributed by atoms with van der Waals surface area (Å²) in [5.41, 5.74) is 0.757. The number of thiophene rings is 1. The molecule has 4 rings (SSSR count). The molecule has 1 atom stereocenters. The topological polar surface area (TPSA) is 84.5 Å². The smallest absolute Gasteiger partial charge is 0.265 e. The van der Waals surface area contributed by atoms with Crippen LogP contribution in [0.4, 0.5) is 0 Å². The Kier molecular flexibility index (Phi) is 4.87. The summed E-state index contributed by atoms with van der Waals surface area (Å²) in [6.45, 7) is 1.11. The predicted octanol–water partition coefficient (Wildman–Crippen LogP) is 2.54. The lowest BCUT2D eigenvalue weighted by atomic mass is 9.90. The Morgan fingerprint density at radius 3 is 2.44 bits per heavy atom. The lowest BCUT2D eigenvalue weighted by Gasteiger charge is -2.23. The molecule has 1 aromatic carbocycles. The largest absolute Gasteiger partial charge is 0.377 e. The monoisotopic (exact) mass is 382 g/mol. The molecule has 1 aliphatic heterocycles. The van der Waals surface area contributed by atoms with E-state index in [4.69, 9.17) is 4.74 Å². The number of rotatable bonds is 5. The van der Waals surface area contributed by atoms with E-state index in [2.05, 4.69) is 10.6 Å². The fourth-order valence-electron chi connectivity index (χ4n) is 3.27. The lowest BCUT2D eigenvalue weighted by molar-refractivity contribution is 0.0912. The molecule has 0 radical (unpaired) electrons. The first-order chi connectivity index (χ1) is 13.1. The molecular weight excluding hydrogens is 364 g/mol. The minimum absolute atomic E-state index is 0.00454. The minimum Gasteiger partial charge on any atom is -0.377 e. The zero-order valence-corrected chi connectivity index (χ0v) is 15.3. The molecule has 2 aromatic rings. The quantitative estimate of drug-likeness (QED) is 0.830. The number of benzene rings is 1. The normalized spacial score (nSPS) is 19.2. The number of ether oxygens (including phenoxy) is 1. The van der Waals surface area contributed by atoms with Crippen molar-refractivity contribution in [1.29, 1.82) is 0 Å². The van der Waals surface area contributed by atoms with E-state index in [0.29, 0.717) is 29.2 Å². The van der Waals surface area contributed by atoms with Crippen LogP contribution in [0.3, 0.4) is 0 Å². The molecule has 138 valence electrons. The molecule has 0 unspecified atom stereocenters. The molecule has 1 aromatic heterocycles. The fourth-order valence-corrected chi connectivity index (χ4v) is 3.89. The Morgan fingerprint density at radius 2 is 1.81 bits per heavy atom. The highest BCUT2D eigenvalue weighted by molar-refractivity contribution is 7.12. The third kappa shape index (κ3) is 3.43. The maximum atomic E-state index is 13.0. The highest BCUT2D eigenvalue weighted by Crippen LogP contribution is 2.25. The Hall–Kier alpha value is -2.77. The van der Waals surface area contributed by atoms with E-state index >= 15 is 0 Å². The molecule has 0 bridgehead atoms. The molecule has 1 fully saturated rings. The predicted molar refractivity (Wildman–Crippen MR) is 101 cm³/mol. The van der Waals surface area contributed by atoms with Crippen LogP contribution in [0.15, 0.2) is 53.2 Å². The molecule has 0 spiro atoms. The SMILES string of the molecule is O=C(NC1=C(NC[C@H]2CCCO2)C(=O)c2ccccc2C1=O)c1cccs1. The Balaban J connectivity index is 1.67. The summed E-state index contributed by atoms with van der Waals surface area (Å²) >= 11 is 1.27. The van der Waals surface area contributed by atoms with Gasteiger partial charge in [-0.3, -0.25) is 14.4 Å². The van der Waals surface area contributed by atoms with Gasteiger partial charge in [-0.2, -0.15) is 0 Å². The number of hydrogen-bond acceptors (Lipinski definition) is 6. The summed E-state index contributed by atoms with van der Waals surface area (Å²) in [6, 6.07) is 10.1. The second-order valence-electron chi connectivity index (χ2n) is 6.40. The van der Waals surface area contributed by atoms with E-state index in [1.54, 1.807) is 41.8 Å². The molecule has 7 heteroatoms. The van der Waals surface area contributed by atoms with Gasteiger partial charge in [-0.1, -0.05) is 30.3 Å². The van der Waals surface area contributed by atoms with Gasteiger partial charge in [-0.25, -0.2) is 0 Å². The summed E-state index contributed by atoms with van der Waals surface area (Å²) < 4.78 is 5.58. The fraction of sp³-hybridized carbons (Fsp3) is 0.250. The van der Waals surface area contributed by atoms with E-state index in [0.717, 1.165) is 12.8 Å². The van der Waals surface area contributed by atoms with Gasteiger partial charge in [0.15, 0.2) is 0 Å². The lowest BCUT2D eigenvalue weighted by Crippen LogP contribution is -2.40. The second-order valence-corrected chi connectivity index (χ2v) is 7.35. The Bertz CT molecular complexity index is 927. The molecule has 2 N–H and O–H groups in total. The molecule has 2 heterocycles. The van der Waals surface area contributed by atoms with Crippen molar-refractivity contribution < 1.29 is 19.1 Å². The van der Waals surface area contributed by atoms with Crippen molar-refractivity contribution in [1.82, 2.24) is 10.6 Å². The van der Waals surface area contributed by atoms with Crippen molar-refractivity contribution in [3.05, 3.63) is 69.2 Å². The molecule has 1 amide bonds. The van der Waals surface area contributed by atoms with Crippen LogP contribution < -0.4 is 10.6 Å². The summed E-state index contributed by atoms with van der Waals surface area (Å²) in [6.07, 6.45) is 1.87. The average molecular weight is 382 g/mol. The van der Waals surface area contributed by atoms with Crippen LogP contribution in [-0.4, -0.2) is 36.7 Å². The van der Waals surface area contributed by atoms with Crippen molar-refractivity contribution in [2.45, 2.75) is 18.9 Å². The first-order valence-electron chi connectivity index (χ1n) is 8.78. The van der Waals surface area contributed by atoms with E-state index in [1.807, 2.05) is 0 Å². The van der Waals surface area contributed by atoms with Crippen molar-refractivity contribution in [2.75, 3.05) is 13.2 Å². The van der Waals surface area contributed by atoms with Crippen LogP contribution in [0, 0.1) is 0 Å². The van der Waals surface area contributed by atoms with Crippen LogP contribution >= 0.6 is 11.3 Å². The molecule has 6 nitrogen and oxygen atoms in total. The third-order valence-corrected chi connectivity index (χ3v) is 5.50. The number of nitrogens with one attached hydrogen (secondary N) is 2. The number of ketones is 2. The van der Waals surface area contributed by atoms with Crippen LogP contribution in [0.25, 0.3) is 0 Å². The maximum Gasteiger partial charge on any atom is 0.265 e. The van der Waals surface area contributed by atoms with Gasteiger partial charge in [0.2, 0.25) is 11.6 Å². The van der Waals surface area contributed by atoms with Crippen molar-refractivity contribution in [3.8, 4) is 0 Å². The number of carbonyl (C=O) groups excluding carboxylic acids is 3. The van der Waals surface area contributed by atoms with Crippen LogP contribution in [-0.2, 0) is 4.74 Å². The average Bonchev–Trinajstić information content (AvgIpc) is 3.39. The highest BCUT2D eigenvalue weighted by atomic mass is 32.1. The number of hydrogen-bond donors (Lipinski definition) is 2. The van der Waals surface area contributed by atoms with Crippen molar-refractivity contribution >= 4 is 28.8 Å². The van der Waals surface area contributed by atoms with Gasteiger partial charge in [0.05, 0.1) is 11.0 Å². The molecule has 0 saturated carbocycles. The highest BCUT2D eigenvalue weighted by Gasteiger charge is 2.33. The Morgan fingerprint density at radius 1 is 1.07 bits per heavy atom. The van der Waals surface area contributed by atoms with Gasteiger partial charge in [0.25, 0.3) is 5.91 Å². The molecular formula is C20H18N2O4S. The van der Waals surface area contributed by atoms with E-state index < -0.39 is 5.91 Å². The summed E-state index contributed by atoms with van der Waals surface area (Å²) in [5.74, 6) is -1.08. The van der Waals surface area contributed by atoms with Gasteiger partial charge >= 0.3 is 0 Å². The number of carbonyl (C=O) groups is 3. The molecule has 27 heavy (non-hydrogen) atoms. The summed E-state index contributed by atoms with van der Waals surface area (Å²) in [7, 11) is 0. The molecule has 2 aliphatic rings.